The van der Waals surface area contributed by atoms with Crippen LogP contribution in [0, 0.1) is 6.92 Å². The van der Waals surface area contributed by atoms with Gasteiger partial charge in [0.15, 0.2) is 0 Å². The van der Waals surface area contributed by atoms with Crippen LogP contribution >= 0.6 is 23.2 Å². The maximum absolute atomic E-state index is 13.2. The van der Waals surface area contributed by atoms with Crippen molar-refractivity contribution in [3.8, 4) is 28.3 Å². The highest BCUT2D eigenvalue weighted by Crippen LogP contribution is 2.42. The highest BCUT2D eigenvalue weighted by molar-refractivity contribution is 6.39. The first-order valence-electron chi connectivity index (χ1n) is 15.0. The van der Waals surface area contributed by atoms with Crippen LogP contribution in [-0.2, 0) is 25.4 Å². The van der Waals surface area contributed by atoms with Gasteiger partial charge in [-0.1, -0.05) is 59.6 Å². The zero-order valence-corrected chi connectivity index (χ0v) is 27.8. The normalized spacial score (nSPS) is 14.4. The molecule has 1 amide bonds. The van der Waals surface area contributed by atoms with Crippen LogP contribution < -0.4 is 31.9 Å². The molecule has 5 aromatic rings. The lowest BCUT2D eigenvalue weighted by molar-refractivity contribution is -0.119. The van der Waals surface area contributed by atoms with Crippen molar-refractivity contribution in [1.29, 1.82) is 0 Å². The van der Waals surface area contributed by atoms with Gasteiger partial charge in [-0.3, -0.25) is 18.7 Å². The van der Waals surface area contributed by atoms with Gasteiger partial charge in [-0.15, -0.1) is 0 Å². The predicted molar refractivity (Wildman–Crippen MR) is 185 cm³/mol. The minimum absolute atomic E-state index is 0.0851. The number of fused-ring (bicyclic) bond motifs is 1. The minimum atomic E-state index is -0.465. The molecular weight excluding hydrogens is 641 g/mol. The van der Waals surface area contributed by atoms with Crippen LogP contribution in [0.4, 0.5) is 11.5 Å². The van der Waals surface area contributed by atoms with Crippen molar-refractivity contribution < 1.29 is 9.53 Å². The average molecular weight is 675 g/mol. The maximum atomic E-state index is 13.2. The Labute approximate surface area is 280 Å². The molecule has 0 aliphatic carbocycles. The smallest absolute Gasteiger partial charge is 0.330 e. The minimum Gasteiger partial charge on any atom is -0.481 e. The number of benzene rings is 2. The largest absolute Gasteiger partial charge is 0.481 e. The number of ether oxygens (including phenoxy) is 1. The zero-order chi connectivity index (χ0) is 33.4. The van der Waals surface area contributed by atoms with E-state index in [1.807, 2.05) is 42.5 Å². The molecule has 0 spiro atoms. The Morgan fingerprint density at radius 1 is 0.957 bits per heavy atom. The molecule has 47 heavy (non-hydrogen) atoms. The van der Waals surface area contributed by atoms with Crippen LogP contribution in [0.15, 0.2) is 64.2 Å². The first-order valence-corrected chi connectivity index (χ1v) is 15.8. The monoisotopic (exact) mass is 673 g/mol. The molecule has 6 rings (SSSR count). The van der Waals surface area contributed by atoms with Gasteiger partial charge >= 0.3 is 5.69 Å². The van der Waals surface area contributed by atoms with Crippen LogP contribution in [0.25, 0.3) is 33.3 Å². The van der Waals surface area contributed by atoms with Crippen LogP contribution in [0.2, 0.25) is 10.0 Å². The van der Waals surface area contributed by atoms with E-state index < -0.39 is 11.2 Å². The van der Waals surface area contributed by atoms with E-state index >= 15 is 0 Å². The zero-order valence-electron chi connectivity index (χ0n) is 26.3. The number of rotatable bonds is 9. The topological polar surface area (TPSA) is 132 Å². The van der Waals surface area contributed by atoms with Crippen molar-refractivity contribution in [3.05, 3.63) is 96.7 Å². The molecule has 13 heteroatoms. The fraction of sp³-hybridized carbons (Fsp3) is 0.265. The summed E-state index contributed by atoms with van der Waals surface area (Å²) in [5.41, 5.74) is 4.24. The van der Waals surface area contributed by atoms with Gasteiger partial charge in [0.2, 0.25) is 11.8 Å². The number of anilines is 2. The van der Waals surface area contributed by atoms with E-state index in [1.54, 1.807) is 33.2 Å². The number of aromatic nitrogens is 4. The van der Waals surface area contributed by atoms with E-state index in [2.05, 4.69) is 20.9 Å². The Bertz CT molecular complexity index is 2160. The van der Waals surface area contributed by atoms with E-state index in [-0.39, 0.29) is 23.2 Å². The van der Waals surface area contributed by atoms with Gasteiger partial charge in [0.25, 0.3) is 5.56 Å². The van der Waals surface area contributed by atoms with Crippen molar-refractivity contribution in [2.75, 3.05) is 19.0 Å². The van der Waals surface area contributed by atoms with E-state index in [0.717, 1.165) is 16.6 Å². The number of carbonyl (C=O) groups is 1. The molecule has 0 unspecified atom stereocenters. The van der Waals surface area contributed by atoms with E-state index in [0.29, 0.717) is 74.7 Å². The van der Waals surface area contributed by atoms with E-state index in [1.165, 1.54) is 11.6 Å². The molecule has 1 fully saturated rings. The number of nitrogens with zero attached hydrogens (tertiary/aromatic N) is 4. The third-order valence-electron chi connectivity index (χ3n) is 8.32. The number of hydrogen-bond acceptors (Lipinski definition) is 8. The molecule has 3 aromatic heterocycles. The summed E-state index contributed by atoms with van der Waals surface area (Å²) in [6.07, 6.45) is 1.38. The van der Waals surface area contributed by atoms with Crippen molar-refractivity contribution in [2.45, 2.75) is 32.4 Å². The molecule has 0 bridgehead atoms. The summed E-state index contributed by atoms with van der Waals surface area (Å²) in [6, 6.07) is 16.8. The highest BCUT2D eigenvalue weighted by atomic mass is 35.5. The molecule has 0 radical (unpaired) electrons. The number of nitrogens with one attached hydrogen (secondary N) is 3. The lowest BCUT2D eigenvalue weighted by Gasteiger charge is -2.17. The quantitative estimate of drug-likeness (QED) is 0.197. The molecule has 2 aromatic carbocycles. The molecule has 242 valence electrons. The van der Waals surface area contributed by atoms with Crippen LogP contribution in [0.1, 0.15) is 24.1 Å². The van der Waals surface area contributed by atoms with Crippen molar-refractivity contribution in [1.82, 2.24) is 29.7 Å². The van der Waals surface area contributed by atoms with Gasteiger partial charge in [-0.05, 0) is 31.5 Å². The van der Waals surface area contributed by atoms with Gasteiger partial charge in [0.05, 0.1) is 34.1 Å². The van der Waals surface area contributed by atoms with Crippen LogP contribution in [0.5, 0.6) is 5.88 Å². The summed E-state index contributed by atoms with van der Waals surface area (Å²) in [5.74, 6) is 0.841. The third kappa shape index (κ3) is 6.21. The molecule has 1 aliphatic rings. The summed E-state index contributed by atoms with van der Waals surface area (Å²) in [6.45, 7) is 2.98. The van der Waals surface area contributed by atoms with Gasteiger partial charge in [-0.25, -0.2) is 14.8 Å². The molecule has 3 N–H and O–H groups in total. The number of amides is 1. The molecular formula is C34H33Cl2N7O4. The Morgan fingerprint density at radius 2 is 1.68 bits per heavy atom. The Hall–Kier alpha value is -4.71. The number of hydrogen-bond donors (Lipinski definition) is 3. The Morgan fingerprint density at radius 3 is 2.40 bits per heavy atom. The summed E-state index contributed by atoms with van der Waals surface area (Å²) < 4.78 is 8.09. The second kappa shape index (κ2) is 13.2. The molecule has 1 atom stereocenters. The van der Waals surface area contributed by atoms with E-state index in [9.17, 15) is 14.4 Å². The predicted octanol–water partition coefficient (Wildman–Crippen LogP) is 5.10. The van der Waals surface area contributed by atoms with Gasteiger partial charge in [0.1, 0.15) is 11.2 Å². The fourth-order valence-electron chi connectivity index (χ4n) is 5.85. The van der Waals surface area contributed by atoms with Crippen molar-refractivity contribution in [3.63, 3.8) is 0 Å². The first kappa shape index (κ1) is 32.2. The van der Waals surface area contributed by atoms with Gasteiger partial charge in [0, 0.05) is 67.6 Å². The van der Waals surface area contributed by atoms with Crippen molar-refractivity contribution >= 4 is 51.5 Å². The SMILES string of the molecule is COc1nc(-c2cccc(-c3cccc(Nc4nc(C)cc5c4c(=O)n(C)c(=O)n5C)c3Cl)c2Cl)ccc1CNC[C@H]1CCC(=O)N1. The first-order chi connectivity index (χ1) is 22.6. The van der Waals surface area contributed by atoms with Crippen LogP contribution in [0.3, 0.4) is 0 Å². The van der Waals surface area contributed by atoms with Gasteiger partial charge < -0.3 is 20.7 Å². The number of pyridine rings is 2. The van der Waals surface area contributed by atoms with E-state index in [4.69, 9.17) is 32.9 Å². The molecule has 1 saturated heterocycles. The summed E-state index contributed by atoms with van der Waals surface area (Å²) in [7, 11) is 4.62. The molecule has 1 aliphatic heterocycles. The number of carbonyl (C=O) groups excluding carboxylic acids is 1. The molecule has 0 saturated carbocycles. The Kier molecular flexibility index (Phi) is 9.05. The average Bonchev–Trinajstić information content (AvgIpc) is 3.48. The third-order valence-corrected chi connectivity index (χ3v) is 9.14. The summed E-state index contributed by atoms with van der Waals surface area (Å²) >= 11 is 14.0. The van der Waals surface area contributed by atoms with Crippen LogP contribution in [-0.4, -0.2) is 44.7 Å². The number of methoxy groups -OCH3 is 1. The highest BCUT2D eigenvalue weighted by Gasteiger charge is 2.21. The maximum Gasteiger partial charge on any atom is 0.330 e. The lowest BCUT2D eigenvalue weighted by Crippen LogP contribution is -2.37. The second-order valence-corrected chi connectivity index (χ2v) is 12.2. The fourth-order valence-corrected chi connectivity index (χ4v) is 6.45. The van der Waals surface area contributed by atoms with Crippen molar-refractivity contribution in [2.24, 2.45) is 14.1 Å². The standard InChI is InChI=1S/C34H33Cl2N7O4/c1-18-15-26-28(33(45)43(3)34(46)42(26)2)31(38-18)40-25-10-6-8-22(30(25)36)21-7-5-9-23(29(21)35)24-13-11-19(32(41-24)47-4)16-37-17-20-12-14-27(44)39-20/h5-11,13,15,20,37H,12,14,16-17H2,1-4H3,(H,38,40)(H,39,44)/t20-/m1/s1. The number of halogens is 2. The molecule has 4 heterocycles. The summed E-state index contributed by atoms with van der Waals surface area (Å²) in [5, 5.41) is 10.7. The summed E-state index contributed by atoms with van der Waals surface area (Å²) in [4.78, 5) is 46.6. The number of aryl methyl sites for hydroxylation is 2. The Balaban J connectivity index is 1.31. The second-order valence-electron chi connectivity index (χ2n) is 11.5. The van der Waals surface area contributed by atoms with Gasteiger partial charge in [-0.2, -0.15) is 0 Å². The molecule has 11 nitrogen and oxygen atoms in total. The lowest BCUT2D eigenvalue weighted by atomic mass is 10.00.